The van der Waals surface area contributed by atoms with Crippen molar-refractivity contribution >= 4 is 43.5 Å². The Bertz CT molecular complexity index is 841. The van der Waals surface area contributed by atoms with E-state index in [0.29, 0.717) is 10.8 Å². The first-order valence-electron chi connectivity index (χ1n) is 6.73. The summed E-state index contributed by atoms with van der Waals surface area (Å²) in [5, 5.41) is 0.413. The summed E-state index contributed by atoms with van der Waals surface area (Å²) >= 11 is 9.04. The van der Waals surface area contributed by atoms with Crippen molar-refractivity contribution in [1.29, 1.82) is 0 Å². The molecule has 1 amide bonds. The molecule has 0 aliphatic rings. The van der Waals surface area contributed by atoms with E-state index in [0.717, 1.165) is 10.0 Å². The standard InChI is InChI=1S/C15H14BrClN2O4S/c1-10-8-11(16)2-7-14(10)23-9-15(20)18-19-24(21,22)13-5-3-12(17)4-6-13/h2-8,19H,9H2,1H3,(H,18,20). The van der Waals surface area contributed by atoms with Gasteiger partial charge in [-0.3, -0.25) is 10.2 Å². The van der Waals surface area contributed by atoms with Gasteiger partial charge in [0.1, 0.15) is 5.75 Å². The lowest BCUT2D eigenvalue weighted by Gasteiger charge is -2.11. The molecule has 2 rings (SSSR count). The molecule has 0 atom stereocenters. The van der Waals surface area contributed by atoms with Crippen LogP contribution in [-0.2, 0) is 14.8 Å². The quantitative estimate of drug-likeness (QED) is 0.686. The molecule has 0 unspecified atom stereocenters. The van der Waals surface area contributed by atoms with Crippen molar-refractivity contribution in [3.8, 4) is 5.75 Å². The van der Waals surface area contributed by atoms with E-state index < -0.39 is 15.9 Å². The smallest absolute Gasteiger partial charge is 0.272 e. The molecule has 0 heterocycles. The summed E-state index contributed by atoms with van der Waals surface area (Å²) in [7, 11) is -3.87. The lowest BCUT2D eigenvalue weighted by Crippen LogP contribution is -2.43. The predicted molar refractivity (Wildman–Crippen MR) is 94.3 cm³/mol. The summed E-state index contributed by atoms with van der Waals surface area (Å²) in [5.74, 6) is -0.0937. The number of aryl methyl sites for hydroxylation is 1. The van der Waals surface area contributed by atoms with Gasteiger partial charge in [-0.1, -0.05) is 27.5 Å². The van der Waals surface area contributed by atoms with Gasteiger partial charge in [-0.05, 0) is 55.0 Å². The molecular weight excluding hydrogens is 420 g/mol. The van der Waals surface area contributed by atoms with Gasteiger partial charge in [0.15, 0.2) is 6.61 Å². The number of rotatable bonds is 6. The lowest BCUT2D eigenvalue weighted by molar-refractivity contribution is -0.123. The molecule has 9 heteroatoms. The number of amides is 1. The van der Waals surface area contributed by atoms with Crippen LogP contribution in [0.15, 0.2) is 51.8 Å². The van der Waals surface area contributed by atoms with E-state index in [2.05, 4.69) is 21.4 Å². The van der Waals surface area contributed by atoms with E-state index in [1.165, 1.54) is 24.3 Å². The van der Waals surface area contributed by atoms with E-state index in [9.17, 15) is 13.2 Å². The molecule has 0 aliphatic heterocycles. The first-order valence-corrected chi connectivity index (χ1v) is 9.38. The molecule has 0 spiro atoms. The molecule has 0 aromatic heterocycles. The molecule has 0 radical (unpaired) electrons. The zero-order valence-electron chi connectivity index (χ0n) is 12.5. The van der Waals surface area contributed by atoms with Crippen LogP contribution in [0.1, 0.15) is 5.56 Å². The third-order valence-electron chi connectivity index (χ3n) is 2.94. The minimum absolute atomic E-state index is 0.0168. The Morgan fingerprint density at radius 1 is 1.21 bits per heavy atom. The number of carbonyl (C=O) groups is 1. The SMILES string of the molecule is Cc1cc(Br)ccc1OCC(=O)NNS(=O)(=O)c1ccc(Cl)cc1. The average molecular weight is 434 g/mol. The third-order valence-corrected chi connectivity index (χ3v) is 4.95. The first kappa shape index (κ1) is 18.7. The maximum atomic E-state index is 12.0. The predicted octanol–water partition coefficient (Wildman–Crippen LogP) is 2.80. The maximum absolute atomic E-state index is 12.0. The zero-order valence-corrected chi connectivity index (χ0v) is 15.7. The summed E-state index contributed by atoms with van der Waals surface area (Å²) in [6, 6.07) is 10.9. The highest BCUT2D eigenvalue weighted by molar-refractivity contribution is 9.10. The monoisotopic (exact) mass is 432 g/mol. The number of halogens is 2. The Morgan fingerprint density at radius 3 is 2.50 bits per heavy atom. The highest BCUT2D eigenvalue weighted by atomic mass is 79.9. The van der Waals surface area contributed by atoms with Crippen LogP contribution in [-0.4, -0.2) is 20.9 Å². The van der Waals surface area contributed by atoms with Crippen LogP contribution in [0.5, 0.6) is 5.75 Å². The highest BCUT2D eigenvalue weighted by Crippen LogP contribution is 2.22. The Balaban J connectivity index is 1.89. The van der Waals surface area contributed by atoms with Crippen molar-refractivity contribution in [2.45, 2.75) is 11.8 Å². The topological polar surface area (TPSA) is 84.5 Å². The molecular formula is C15H14BrClN2O4S. The number of hydrazine groups is 1. The number of hydrogen-bond donors (Lipinski definition) is 2. The largest absolute Gasteiger partial charge is 0.483 e. The van der Waals surface area contributed by atoms with Gasteiger partial charge in [-0.2, -0.15) is 0 Å². The third kappa shape index (κ3) is 5.20. The minimum Gasteiger partial charge on any atom is -0.483 e. The second-order valence-corrected chi connectivity index (χ2v) is 7.84. The second-order valence-electron chi connectivity index (χ2n) is 4.81. The summed E-state index contributed by atoms with van der Waals surface area (Å²) in [6.45, 7) is 1.51. The fraction of sp³-hybridized carbons (Fsp3) is 0.133. The maximum Gasteiger partial charge on any atom is 0.272 e. The summed E-state index contributed by atoms with van der Waals surface area (Å²) in [4.78, 5) is 13.7. The molecule has 24 heavy (non-hydrogen) atoms. The van der Waals surface area contributed by atoms with Crippen molar-refractivity contribution in [2.24, 2.45) is 0 Å². The molecule has 0 bridgehead atoms. The van der Waals surface area contributed by atoms with Gasteiger partial charge >= 0.3 is 0 Å². The molecule has 0 saturated carbocycles. The summed E-state index contributed by atoms with van der Waals surface area (Å²) < 4.78 is 30.2. The van der Waals surface area contributed by atoms with Crippen LogP contribution in [0.25, 0.3) is 0 Å². The van der Waals surface area contributed by atoms with E-state index in [-0.39, 0.29) is 11.5 Å². The van der Waals surface area contributed by atoms with Crippen LogP contribution < -0.4 is 15.0 Å². The molecule has 2 aromatic rings. The molecule has 0 saturated heterocycles. The fourth-order valence-corrected chi connectivity index (χ4v) is 3.21. The van der Waals surface area contributed by atoms with Gasteiger partial charge in [-0.15, -0.1) is 4.83 Å². The lowest BCUT2D eigenvalue weighted by atomic mass is 10.2. The molecule has 0 aliphatic carbocycles. The van der Waals surface area contributed by atoms with Crippen molar-refractivity contribution < 1.29 is 17.9 Å². The highest BCUT2D eigenvalue weighted by Gasteiger charge is 2.15. The van der Waals surface area contributed by atoms with Gasteiger partial charge in [0.25, 0.3) is 15.9 Å². The molecule has 2 aromatic carbocycles. The van der Waals surface area contributed by atoms with Gasteiger partial charge in [0.2, 0.25) is 0 Å². The average Bonchev–Trinajstić information content (AvgIpc) is 2.52. The van der Waals surface area contributed by atoms with Crippen LogP contribution in [0.2, 0.25) is 5.02 Å². The number of ether oxygens (including phenoxy) is 1. The number of benzene rings is 2. The fourth-order valence-electron chi connectivity index (χ4n) is 1.75. The van der Waals surface area contributed by atoms with Crippen molar-refractivity contribution in [3.05, 3.63) is 57.5 Å². The van der Waals surface area contributed by atoms with Gasteiger partial charge in [0.05, 0.1) is 4.90 Å². The summed E-state index contributed by atoms with van der Waals surface area (Å²) in [6.07, 6.45) is 0. The normalized spacial score (nSPS) is 11.1. The molecule has 0 fully saturated rings. The molecule has 128 valence electrons. The molecule has 6 nitrogen and oxygen atoms in total. The van der Waals surface area contributed by atoms with Gasteiger partial charge < -0.3 is 4.74 Å². The first-order chi connectivity index (χ1) is 11.3. The van der Waals surface area contributed by atoms with Crippen LogP contribution in [0.3, 0.4) is 0 Å². The number of nitrogens with one attached hydrogen (secondary N) is 2. The van der Waals surface area contributed by atoms with Crippen LogP contribution >= 0.6 is 27.5 Å². The Labute approximate surface area is 153 Å². The Kier molecular flexibility index (Phi) is 6.22. The van der Waals surface area contributed by atoms with Crippen LogP contribution in [0.4, 0.5) is 0 Å². The van der Waals surface area contributed by atoms with Crippen molar-refractivity contribution in [1.82, 2.24) is 10.3 Å². The van der Waals surface area contributed by atoms with E-state index in [1.54, 1.807) is 12.1 Å². The minimum atomic E-state index is -3.87. The van der Waals surface area contributed by atoms with Crippen molar-refractivity contribution in [2.75, 3.05) is 6.61 Å². The van der Waals surface area contributed by atoms with Crippen molar-refractivity contribution in [3.63, 3.8) is 0 Å². The summed E-state index contributed by atoms with van der Waals surface area (Å²) in [5.41, 5.74) is 2.94. The number of carbonyl (C=O) groups excluding carboxylic acids is 1. The van der Waals surface area contributed by atoms with E-state index in [1.807, 2.05) is 17.8 Å². The van der Waals surface area contributed by atoms with Gasteiger partial charge in [-0.25, -0.2) is 8.42 Å². The Morgan fingerprint density at radius 2 is 1.88 bits per heavy atom. The van der Waals surface area contributed by atoms with Crippen LogP contribution in [0, 0.1) is 6.92 Å². The number of hydrogen-bond acceptors (Lipinski definition) is 4. The number of sulfonamides is 1. The van der Waals surface area contributed by atoms with Gasteiger partial charge in [0, 0.05) is 9.50 Å². The molecule has 2 N–H and O–H groups in total. The second kappa shape index (κ2) is 7.98. The van der Waals surface area contributed by atoms with E-state index >= 15 is 0 Å². The zero-order chi connectivity index (χ0) is 17.7. The Hall–Kier alpha value is -1.61. The van der Waals surface area contributed by atoms with E-state index in [4.69, 9.17) is 16.3 Å².